The molecule has 0 spiro atoms. The molecule has 0 heterocycles. The molecule has 0 unspecified atom stereocenters. The van der Waals surface area contributed by atoms with E-state index < -0.39 is 0 Å². The van der Waals surface area contributed by atoms with Crippen molar-refractivity contribution in [3.8, 4) is 23.7 Å². The van der Waals surface area contributed by atoms with Crippen LogP contribution >= 0.6 is 0 Å². The highest BCUT2D eigenvalue weighted by Gasteiger charge is 2.19. The number of unbranched alkanes of at least 4 members (excludes halogenated alkanes) is 2. The van der Waals surface area contributed by atoms with Crippen LogP contribution in [-0.4, -0.2) is 0 Å². The van der Waals surface area contributed by atoms with Crippen molar-refractivity contribution in [1.82, 2.24) is 0 Å². The summed E-state index contributed by atoms with van der Waals surface area (Å²) in [6, 6.07) is 0. The Hall–Kier alpha value is -1.14. The van der Waals surface area contributed by atoms with E-state index in [0.717, 1.165) is 11.8 Å². The van der Waals surface area contributed by atoms with Gasteiger partial charge >= 0.3 is 0 Å². The smallest absolute Gasteiger partial charge is 0.0206 e. The molecule has 0 bridgehead atoms. The van der Waals surface area contributed by atoms with Gasteiger partial charge in [-0.05, 0) is 75.4 Å². The van der Waals surface area contributed by atoms with Gasteiger partial charge in [-0.15, -0.1) is 0 Å². The second-order valence-electron chi connectivity index (χ2n) is 8.63. The summed E-state index contributed by atoms with van der Waals surface area (Å²) < 4.78 is 0. The second kappa shape index (κ2) is 13.1. The molecule has 2 saturated carbocycles. The summed E-state index contributed by atoms with van der Waals surface area (Å²) in [5.74, 6) is 16.6. The predicted molar refractivity (Wildman–Crippen MR) is 115 cm³/mol. The molecule has 2 fully saturated rings. The molecule has 0 nitrogen and oxygen atoms in total. The van der Waals surface area contributed by atoms with Crippen LogP contribution in [0.25, 0.3) is 0 Å². The van der Waals surface area contributed by atoms with Gasteiger partial charge in [-0.25, -0.2) is 0 Å². The van der Waals surface area contributed by atoms with Gasteiger partial charge in [0.15, 0.2) is 0 Å². The van der Waals surface area contributed by atoms with E-state index in [1.165, 1.54) is 89.9 Å². The monoisotopic (exact) mass is 352 g/mol. The van der Waals surface area contributed by atoms with Gasteiger partial charge in [0.2, 0.25) is 0 Å². The summed E-state index contributed by atoms with van der Waals surface area (Å²) in [7, 11) is 0. The van der Waals surface area contributed by atoms with Gasteiger partial charge in [0.25, 0.3) is 0 Å². The van der Waals surface area contributed by atoms with Crippen LogP contribution in [0, 0.1) is 47.4 Å². The Labute approximate surface area is 163 Å². The molecular formula is C26H40. The quantitative estimate of drug-likeness (QED) is 0.342. The highest BCUT2D eigenvalue weighted by Crippen LogP contribution is 2.32. The first-order valence-corrected chi connectivity index (χ1v) is 11.5. The van der Waals surface area contributed by atoms with Crippen LogP contribution in [0.4, 0.5) is 0 Å². The molecule has 2 aliphatic rings. The summed E-state index contributed by atoms with van der Waals surface area (Å²) in [5.41, 5.74) is 0. The van der Waals surface area contributed by atoms with Crippen LogP contribution in [0.2, 0.25) is 0 Å². The molecule has 2 rings (SSSR count). The fourth-order valence-electron chi connectivity index (χ4n) is 4.70. The molecule has 0 aliphatic heterocycles. The van der Waals surface area contributed by atoms with Crippen LogP contribution in [0.3, 0.4) is 0 Å². The Balaban J connectivity index is 1.60. The van der Waals surface area contributed by atoms with Crippen molar-refractivity contribution >= 4 is 0 Å². The number of hydrogen-bond donors (Lipinski definition) is 0. The lowest BCUT2D eigenvalue weighted by Crippen LogP contribution is -2.13. The van der Waals surface area contributed by atoms with Crippen molar-refractivity contribution in [2.45, 2.75) is 104 Å². The van der Waals surface area contributed by atoms with Gasteiger partial charge in [-0.3, -0.25) is 0 Å². The van der Waals surface area contributed by atoms with Crippen LogP contribution in [0.5, 0.6) is 0 Å². The van der Waals surface area contributed by atoms with Gasteiger partial charge in [0.1, 0.15) is 0 Å². The maximum Gasteiger partial charge on any atom is 0.0206 e. The highest BCUT2D eigenvalue weighted by molar-refractivity contribution is 5.26. The lowest BCUT2D eigenvalue weighted by Gasteiger charge is -2.25. The van der Waals surface area contributed by atoms with Gasteiger partial charge in [-0.2, -0.15) is 0 Å². The van der Waals surface area contributed by atoms with Crippen LogP contribution < -0.4 is 0 Å². The summed E-state index contributed by atoms with van der Waals surface area (Å²) in [5, 5.41) is 0. The van der Waals surface area contributed by atoms with E-state index in [4.69, 9.17) is 0 Å². The van der Waals surface area contributed by atoms with E-state index in [0.29, 0.717) is 11.8 Å². The molecule has 0 aromatic heterocycles. The first kappa shape index (κ1) is 21.2. The average molecular weight is 353 g/mol. The standard InChI is InChI=1S/C26H40/c1-3-5-8-12-24-19-21-26(22-20-24)14-10-7-6-9-13-25-17-15-23(11-4-2)16-18-25/h6-7,23-26H,3-5,8,11-12,15-22H2,1-2H3. The summed E-state index contributed by atoms with van der Waals surface area (Å²) in [4.78, 5) is 0. The zero-order valence-electron chi connectivity index (χ0n) is 17.4. The van der Waals surface area contributed by atoms with Crippen molar-refractivity contribution < 1.29 is 0 Å². The molecule has 0 heteroatoms. The summed E-state index contributed by atoms with van der Waals surface area (Å²) >= 11 is 0. The third-order valence-electron chi connectivity index (χ3n) is 6.43. The number of hydrogen-bond acceptors (Lipinski definition) is 0. The van der Waals surface area contributed by atoms with E-state index >= 15 is 0 Å². The van der Waals surface area contributed by atoms with Gasteiger partial charge in [0, 0.05) is 11.8 Å². The highest BCUT2D eigenvalue weighted by atomic mass is 14.2. The largest absolute Gasteiger partial charge is 0.0951 e. The third kappa shape index (κ3) is 8.49. The van der Waals surface area contributed by atoms with Gasteiger partial charge in [-0.1, -0.05) is 76.1 Å². The molecule has 2 aliphatic carbocycles. The van der Waals surface area contributed by atoms with E-state index in [-0.39, 0.29) is 0 Å². The van der Waals surface area contributed by atoms with E-state index in [9.17, 15) is 0 Å². The van der Waals surface area contributed by atoms with Crippen molar-refractivity contribution in [3.63, 3.8) is 0 Å². The Morgan fingerprint density at radius 3 is 1.58 bits per heavy atom. The fraction of sp³-hybridized carbons (Fsp3) is 0.769. The molecule has 144 valence electrons. The number of rotatable bonds is 6. The van der Waals surface area contributed by atoms with Crippen LogP contribution in [0.15, 0.2) is 12.2 Å². The van der Waals surface area contributed by atoms with E-state index in [1.807, 2.05) is 12.2 Å². The predicted octanol–water partition coefficient (Wildman–Crippen LogP) is 7.54. The van der Waals surface area contributed by atoms with E-state index in [1.54, 1.807) is 0 Å². The molecule has 0 atom stereocenters. The maximum absolute atomic E-state index is 3.46. The lowest BCUT2D eigenvalue weighted by atomic mass is 9.80. The summed E-state index contributed by atoms with van der Waals surface area (Å²) in [6.45, 7) is 4.60. The Kier molecular flexibility index (Phi) is 10.7. The molecular weight excluding hydrogens is 312 g/mol. The second-order valence-corrected chi connectivity index (χ2v) is 8.63. The zero-order valence-corrected chi connectivity index (χ0v) is 17.4. The van der Waals surface area contributed by atoms with Crippen LogP contribution in [-0.2, 0) is 0 Å². The zero-order chi connectivity index (χ0) is 18.5. The molecule has 0 saturated heterocycles. The van der Waals surface area contributed by atoms with Gasteiger partial charge in [0.05, 0.1) is 0 Å². The molecule has 0 aromatic carbocycles. The van der Waals surface area contributed by atoms with Gasteiger partial charge < -0.3 is 0 Å². The molecule has 0 radical (unpaired) electrons. The Morgan fingerprint density at radius 1 is 0.615 bits per heavy atom. The van der Waals surface area contributed by atoms with Crippen molar-refractivity contribution in [2.24, 2.45) is 23.7 Å². The minimum absolute atomic E-state index is 0.628. The first-order valence-electron chi connectivity index (χ1n) is 11.5. The molecule has 0 amide bonds. The molecule has 0 aromatic rings. The third-order valence-corrected chi connectivity index (χ3v) is 6.43. The normalized spacial score (nSPS) is 28.8. The Morgan fingerprint density at radius 2 is 1.12 bits per heavy atom. The average Bonchev–Trinajstić information content (AvgIpc) is 2.67. The van der Waals surface area contributed by atoms with Crippen molar-refractivity contribution in [1.29, 1.82) is 0 Å². The minimum Gasteiger partial charge on any atom is -0.0951 e. The van der Waals surface area contributed by atoms with Crippen molar-refractivity contribution in [2.75, 3.05) is 0 Å². The fourth-order valence-corrected chi connectivity index (χ4v) is 4.70. The topological polar surface area (TPSA) is 0 Å². The molecule has 26 heavy (non-hydrogen) atoms. The number of allylic oxidation sites excluding steroid dienone is 2. The van der Waals surface area contributed by atoms with Crippen LogP contribution in [0.1, 0.15) is 104 Å². The van der Waals surface area contributed by atoms with Crippen molar-refractivity contribution in [3.05, 3.63) is 12.2 Å². The summed E-state index contributed by atoms with van der Waals surface area (Å²) in [6.07, 6.45) is 23.1. The minimum atomic E-state index is 0.628. The molecule has 0 N–H and O–H groups in total. The first-order chi connectivity index (χ1) is 12.8. The maximum atomic E-state index is 3.46. The lowest BCUT2D eigenvalue weighted by molar-refractivity contribution is 0.294. The van der Waals surface area contributed by atoms with E-state index in [2.05, 4.69) is 37.5 Å². The Bertz CT molecular complexity index is 502. The SMILES string of the molecule is CCCCCC1CCC(C#CC=CC#CC2CCC(CCC)CC2)CC1.